The number of nitrogens with zero attached hydrogens (tertiary/aromatic N) is 2. The second-order valence-electron chi connectivity index (χ2n) is 7.65. The van der Waals surface area contributed by atoms with Crippen molar-refractivity contribution in [2.75, 3.05) is 20.2 Å². The number of rotatable bonds is 7. The standard InChI is InChI=1S/C22H33N3O3/c1-6-8-16-9-11-17(12-10-16)21-18(13-24(5)20(27)7-2)25(19(21)14-26)22(28)23-15(3)4/h6,8-12,15,18-19,21,26H,7,13-14H2,1-5H3,(H,23,28)/b8-6+/t18-,19+,21+/m1/s1. The van der Waals surface area contributed by atoms with Crippen molar-refractivity contribution in [2.24, 2.45) is 0 Å². The molecule has 1 heterocycles. The van der Waals surface area contributed by atoms with Crippen molar-refractivity contribution in [3.63, 3.8) is 0 Å². The first-order valence-electron chi connectivity index (χ1n) is 10.00. The minimum absolute atomic E-state index is 0.00154. The van der Waals surface area contributed by atoms with Crippen LogP contribution in [0.2, 0.25) is 0 Å². The number of aliphatic hydroxyl groups is 1. The van der Waals surface area contributed by atoms with Crippen LogP contribution in [0.25, 0.3) is 6.08 Å². The van der Waals surface area contributed by atoms with E-state index in [0.29, 0.717) is 13.0 Å². The van der Waals surface area contributed by atoms with Crippen molar-refractivity contribution in [3.8, 4) is 0 Å². The monoisotopic (exact) mass is 387 g/mol. The van der Waals surface area contributed by atoms with Crippen LogP contribution in [-0.4, -0.2) is 65.2 Å². The molecule has 1 aliphatic heterocycles. The van der Waals surface area contributed by atoms with Crippen LogP contribution >= 0.6 is 0 Å². The van der Waals surface area contributed by atoms with Crippen molar-refractivity contribution >= 4 is 18.0 Å². The summed E-state index contributed by atoms with van der Waals surface area (Å²) in [6, 6.07) is 7.51. The average Bonchev–Trinajstić information content (AvgIpc) is 2.64. The number of likely N-dealkylation sites (N-methyl/N-ethyl adjacent to an activating group) is 1. The fourth-order valence-electron chi connectivity index (χ4n) is 3.89. The van der Waals surface area contributed by atoms with Crippen molar-refractivity contribution in [2.45, 2.75) is 58.2 Å². The Morgan fingerprint density at radius 2 is 1.89 bits per heavy atom. The molecule has 0 saturated carbocycles. The highest BCUT2D eigenvalue weighted by Crippen LogP contribution is 2.41. The first-order valence-corrected chi connectivity index (χ1v) is 10.00. The highest BCUT2D eigenvalue weighted by atomic mass is 16.3. The van der Waals surface area contributed by atoms with Crippen LogP contribution < -0.4 is 5.32 Å². The van der Waals surface area contributed by atoms with E-state index in [1.54, 1.807) is 16.8 Å². The topological polar surface area (TPSA) is 72.9 Å². The van der Waals surface area contributed by atoms with E-state index in [-0.39, 0.29) is 42.6 Å². The van der Waals surface area contributed by atoms with E-state index < -0.39 is 0 Å². The van der Waals surface area contributed by atoms with E-state index in [2.05, 4.69) is 17.4 Å². The van der Waals surface area contributed by atoms with E-state index in [1.165, 1.54) is 0 Å². The summed E-state index contributed by atoms with van der Waals surface area (Å²) in [5, 5.41) is 12.9. The average molecular weight is 388 g/mol. The highest BCUT2D eigenvalue weighted by Gasteiger charge is 2.51. The summed E-state index contributed by atoms with van der Waals surface area (Å²) in [5.41, 5.74) is 2.18. The molecule has 0 aromatic heterocycles. The van der Waals surface area contributed by atoms with Gasteiger partial charge in [-0.05, 0) is 31.9 Å². The minimum atomic E-state index is -0.304. The third-order valence-corrected chi connectivity index (χ3v) is 5.25. The first kappa shape index (κ1) is 22.0. The smallest absolute Gasteiger partial charge is 0.318 e. The van der Waals surface area contributed by atoms with Crippen LogP contribution in [-0.2, 0) is 4.79 Å². The van der Waals surface area contributed by atoms with Crippen LogP contribution in [0.4, 0.5) is 4.79 Å². The minimum Gasteiger partial charge on any atom is -0.394 e. The van der Waals surface area contributed by atoms with Gasteiger partial charge in [-0.3, -0.25) is 4.79 Å². The van der Waals surface area contributed by atoms with Gasteiger partial charge in [-0.25, -0.2) is 4.79 Å². The van der Waals surface area contributed by atoms with Crippen LogP contribution in [0.1, 0.15) is 51.2 Å². The SMILES string of the molecule is C/C=C/c1ccc([C@H]2[C@@H](CN(C)C(=O)CC)N(C(=O)NC(C)C)[C@H]2CO)cc1. The highest BCUT2D eigenvalue weighted by molar-refractivity contribution is 5.78. The largest absolute Gasteiger partial charge is 0.394 e. The Labute approximate surface area is 168 Å². The number of likely N-dealkylation sites (tertiary alicyclic amines) is 1. The van der Waals surface area contributed by atoms with Gasteiger partial charge in [-0.1, -0.05) is 43.3 Å². The summed E-state index contributed by atoms with van der Waals surface area (Å²) in [7, 11) is 1.77. The summed E-state index contributed by atoms with van der Waals surface area (Å²) in [6.07, 6.45) is 4.44. The summed E-state index contributed by atoms with van der Waals surface area (Å²) in [5.74, 6) is 0.0218. The Balaban J connectivity index is 2.31. The number of carbonyl (C=O) groups is 2. The molecule has 3 atom stereocenters. The summed E-state index contributed by atoms with van der Waals surface area (Å²) < 4.78 is 0. The molecule has 1 aromatic carbocycles. The Kier molecular flexibility index (Phi) is 7.63. The lowest BCUT2D eigenvalue weighted by molar-refractivity contribution is -0.131. The fourth-order valence-corrected chi connectivity index (χ4v) is 3.89. The van der Waals surface area contributed by atoms with E-state index in [9.17, 15) is 14.7 Å². The van der Waals surface area contributed by atoms with Gasteiger partial charge in [0.1, 0.15) is 0 Å². The summed E-state index contributed by atoms with van der Waals surface area (Å²) >= 11 is 0. The molecule has 1 fully saturated rings. The van der Waals surface area contributed by atoms with Crippen molar-refractivity contribution in [1.82, 2.24) is 15.1 Å². The number of allylic oxidation sites excluding steroid dienone is 1. The van der Waals surface area contributed by atoms with Crippen LogP contribution in [0.15, 0.2) is 30.3 Å². The molecule has 1 aromatic rings. The van der Waals surface area contributed by atoms with Crippen LogP contribution in [0.3, 0.4) is 0 Å². The number of amides is 3. The quantitative estimate of drug-likeness (QED) is 0.756. The lowest BCUT2D eigenvalue weighted by Gasteiger charge is -2.55. The number of hydrogen-bond donors (Lipinski definition) is 2. The Morgan fingerprint density at radius 1 is 1.25 bits per heavy atom. The molecule has 6 nitrogen and oxygen atoms in total. The van der Waals surface area contributed by atoms with E-state index in [4.69, 9.17) is 0 Å². The summed E-state index contributed by atoms with van der Waals surface area (Å²) in [4.78, 5) is 28.2. The molecule has 2 N–H and O–H groups in total. The van der Waals surface area contributed by atoms with Gasteiger partial charge in [-0.15, -0.1) is 0 Å². The van der Waals surface area contributed by atoms with Gasteiger partial charge >= 0.3 is 6.03 Å². The lowest BCUT2D eigenvalue weighted by atomic mass is 9.75. The van der Waals surface area contributed by atoms with Gasteiger partial charge < -0.3 is 20.2 Å². The maximum Gasteiger partial charge on any atom is 0.318 e. The number of urea groups is 1. The van der Waals surface area contributed by atoms with E-state index in [0.717, 1.165) is 11.1 Å². The van der Waals surface area contributed by atoms with E-state index in [1.807, 2.05) is 52.0 Å². The van der Waals surface area contributed by atoms with Gasteiger partial charge in [0.25, 0.3) is 0 Å². The molecular formula is C22H33N3O3. The zero-order chi connectivity index (χ0) is 20.8. The van der Waals surface area contributed by atoms with Gasteiger partial charge in [0.15, 0.2) is 0 Å². The maximum atomic E-state index is 12.7. The van der Waals surface area contributed by atoms with Crippen molar-refractivity contribution in [1.29, 1.82) is 0 Å². The zero-order valence-electron chi connectivity index (χ0n) is 17.6. The number of carbonyl (C=O) groups excluding carboxylic acids is 2. The molecule has 154 valence electrons. The lowest BCUT2D eigenvalue weighted by Crippen LogP contribution is -2.70. The zero-order valence-corrected chi connectivity index (χ0v) is 17.6. The first-order chi connectivity index (χ1) is 13.3. The Morgan fingerprint density at radius 3 is 2.39 bits per heavy atom. The van der Waals surface area contributed by atoms with Gasteiger partial charge in [-0.2, -0.15) is 0 Å². The summed E-state index contributed by atoms with van der Waals surface area (Å²) in [6.45, 7) is 7.95. The molecule has 0 bridgehead atoms. The van der Waals surface area contributed by atoms with E-state index >= 15 is 0 Å². The molecule has 3 amide bonds. The molecule has 0 unspecified atom stereocenters. The fraction of sp³-hybridized carbons (Fsp3) is 0.545. The number of aliphatic hydroxyl groups excluding tert-OH is 1. The predicted molar refractivity (Wildman–Crippen MR) is 112 cm³/mol. The Hall–Kier alpha value is -2.34. The second-order valence-corrected chi connectivity index (χ2v) is 7.65. The normalized spacial score (nSPS) is 21.7. The second kappa shape index (κ2) is 9.73. The molecular weight excluding hydrogens is 354 g/mol. The van der Waals surface area contributed by atoms with Crippen molar-refractivity contribution < 1.29 is 14.7 Å². The molecule has 6 heteroatoms. The molecule has 2 rings (SSSR count). The molecule has 28 heavy (non-hydrogen) atoms. The van der Waals surface area contributed by atoms with Crippen LogP contribution in [0.5, 0.6) is 0 Å². The van der Waals surface area contributed by atoms with Gasteiger partial charge in [0.2, 0.25) is 5.91 Å². The van der Waals surface area contributed by atoms with Gasteiger partial charge in [0, 0.05) is 32.0 Å². The molecule has 1 saturated heterocycles. The Bertz CT molecular complexity index is 699. The molecule has 0 spiro atoms. The molecule has 0 aliphatic carbocycles. The predicted octanol–water partition coefficient (Wildman–Crippen LogP) is 2.83. The molecule has 0 radical (unpaired) electrons. The number of benzene rings is 1. The maximum absolute atomic E-state index is 12.7. The third-order valence-electron chi connectivity index (χ3n) is 5.25. The molecule has 1 aliphatic rings. The van der Waals surface area contributed by atoms with Crippen LogP contribution in [0, 0.1) is 0 Å². The third kappa shape index (κ3) is 4.73. The van der Waals surface area contributed by atoms with Crippen molar-refractivity contribution in [3.05, 3.63) is 41.5 Å². The number of nitrogens with one attached hydrogen (secondary N) is 1. The van der Waals surface area contributed by atoms with Gasteiger partial charge in [0.05, 0.1) is 18.7 Å². The number of hydrogen-bond acceptors (Lipinski definition) is 3.